The van der Waals surface area contributed by atoms with Gasteiger partial charge in [0.05, 0.1) is 23.8 Å². The molecule has 1 aromatic carbocycles. The van der Waals surface area contributed by atoms with E-state index in [1.807, 2.05) is 34.7 Å². The van der Waals surface area contributed by atoms with E-state index in [0.717, 1.165) is 42.8 Å². The minimum atomic E-state index is 0.140. The fraction of sp³-hybridized carbons (Fsp3) is 0.400. The second-order valence-corrected chi connectivity index (χ2v) is 8.17. The van der Waals surface area contributed by atoms with E-state index in [1.165, 1.54) is 17.5 Å². The number of aromatic nitrogens is 2. The number of carbonyl (C=O) groups is 1. The Morgan fingerprint density at radius 2 is 2.04 bits per heavy atom. The molecule has 0 radical (unpaired) electrons. The van der Waals surface area contributed by atoms with Gasteiger partial charge in [0.15, 0.2) is 0 Å². The van der Waals surface area contributed by atoms with Crippen molar-refractivity contribution in [1.82, 2.24) is 19.6 Å². The Morgan fingerprint density at radius 1 is 1.19 bits per heavy atom. The quantitative estimate of drug-likeness (QED) is 0.713. The van der Waals surface area contributed by atoms with E-state index in [4.69, 9.17) is 0 Å². The molecule has 1 unspecified atom stereocenters. The molecular weight excluding hydrogens is 344 g/mol. The van der Waals surface area contributed by atoms with Crippen LogP contribution >= 0.6 is 11.3 Å². The Morgan fingerprint density at radius 3 is 2.92 bits per heavy atom. The van der Waals surface area contributed by atoms with Gasteiger partial charge in [-0.1, -0.05) is 18.2 Å². The van der Waals surface area contributed by atoms with Crippen LogP contribution in [0.1, 0.15) is 34.9 Å². The van der Waals surface area contributed by atoms with Crippen LogP contribution in [0.2, 0.25) is 0 Å². The maximum Gasteiger partial charge on any atom is 0.255 e. The monoisotopic (exact) mass is 366 g/mol. The van der Waals surface area contributed by atoms with Crippen molar-refractivity contribution >= 4 is 27.3 Å². The number of hydrogen-bond donors (Lipinski definition) is 0. The van der Waals surface area contributed by atoms with Crippen molar-refractivity contribution in [2.75, 3.05) is 26.2 Å². The van der Waals surface area contributed by atoms with Gasteiger partial charge in [0.2, 0.25) is 0 Å². The number of thiophene rings is 1. The molecule has 6 heteroatoms. The number of nitrogens with zero attached hydrogens (tertiary/aromatic N) is 4. The van der Waals surface area contributed by atoms with Gasteiger partial charge in [0.1, 0.15) is 0 Å². The van der Waals surface area contributed by atoms with E-state index >= 15 is 0 Å². The van der Waals surface area contributed by atoms with Crippen LogP contribution in [0.15, 0.2) is 41.9 Å². The first kappa shape index (κ1) is 16.0. The third-order valence-corrected chi connectivity index (χ3v) is 6.51. The summed E-state index contributed by atoms with van der Waals surface area (Å²) < 4.78 is 3.31. The summed E-state index contributed by atoms with van der Waals surface area (Å²) in [6.45, 7) is 4.67. The van der Waals surface area contributed by atoms with Gasteiger partial charge in [-0.2, -0.15) is 5.10 Å². The Bertz CT molecular complexity index is 940. The summed E-state index contributed by atoms with van der Waals surface area (Å²) in [6.07, 6.45) is 4.42. The lowest BCUT2D eigenvalue weighted by molar-refractivity contribution is 0.0649. The van der Waals surface area contributed by atoms with E-state index in [1.54, 1.807) is 11.3 Å². The lowest BCUT2D eigenvalue weighted by Crippen LogP contribution is -2.44. The van der Waals surface area contributed by atoms with Crippen molar-refractivity contribution in [3.05, 3.63) is 53.2 Å². The highest BCUT2D eigenvalue weighted by atomic mass is 32.1. The first-order valence-corrected chi connectivity index (χ1v) is 10.2. The fourth-order valence-electron chi connectivity index (χ4n) is 4.25. The molecule has 0 N–H and O–H groups in total. The normalized spacial score (nSPS) is 20.6. The van der Waals surface area contributed by atoms with E-state index in [-0.39, 0.29) is 11.9 Å². The van der Waals surface area contributed by atoms with Gasteiger partial charge in [-0.05, 0) is 38.1 Å². The topological polar surface area (TPSA) is 41.4 Å². The van der Waals surface area contributed by atoms with Crippen LogP contribution in [0.5, 0.6) is 0 Å². The average molecular weight is 366 g/mol. The van der Waals surface area contributed by atoms with Crippen molar-refractivity contribution < 1.29 is 4.79 Å². The molecular formula is C20H22N4OS. The van der Waals surface area contributed by atoms with E-state index in [9.17, 15) is 4.79 Å². The third-order valence-electron chi connectivity index (χ3n) is 5.55. The van der Waals surface area contributed by atoms with Gasteiger partial charge < -0.3 is 9.80 Å². The molecule has 1 fully saturated rings. The molecule has 5 rings (SSSR count). The van der Waals surface area contributed by atoms with Crippen molar-refractivity contribution in [3.8, 4) is 0 Å². The number of likely N-dealkylation sites (tertiary alicyclic amines) is 1. The van der Waals surface area contributed by atoms with Gasteiger partial charge >= 0.3 is 0 Å². The first-order valence-electron chi connectivity index (χ1n) is 9.30. The maximum absolute atomic E-state index is 13.3. The highest BCUT2D eigenvalue weighted by molar-refractivity contribution is 7.17. The molecule has 5 nitrogen and oxygen atoms in total. The van der Waals surface area contributed by atoms with Crippen LogP contribution in [-0.2, 0) is 6.54 Å². The highest BCUT2D eigenvalue weighted by Gasteiger charge is 2.31. The maximum atomic E-state index is 13.3. The Labute approximate surface area is 156 Å². The van der Waals surface area contributed by atoms with Crippen LogP contribution in [0.25, 0.3) is 10.1 Å². The summed E-state index contributed by atoms with van der Waals surface area (Å²) in [5.74, 6) is 0.140. The zero-order valence-corrected chi connectivity index (χ0v) is 15.5. The van der Waals surface area contributed by atoms with Gasteiger partial charge in [-0.3, -0.25) is 9.48 Å². The van der Waals surface area contributed by atoms with E-state index < -0.39 is 0 Å². The predicted molar refractivity (Wildman–Crippen MR) is 104 cm³/mol. The number of rotatable bonds is 3. The average Bonchev–Trinajstić information content (AvgIpc) is 3.41. The van der Waals surface area contributed by atoms with Crippen molar-refractivity contribution in [2.24, 2.45) is 0 Å². The van der Waals surface area contributed by atoms with E-state index in [0.29, 0.717) is 6.54 Å². The Hall–Kier alpha value is -2.18. The molecule has 4 heterocycles. The highest BCUT2D eigenvalue weighted by Crippen LogP contribution is 2.29. The molecule has 134 valence electrons. The minimum absolute atomic E-state index is 0.140. The van der Waals surface area contributed by atoms with Crippen LogP contribution in [0, 0.1) is 0 Å². The summed E-state index contributed by atoms with van der Waals surface area (Å²) >= 11 is 1.65. The van der Waals surface area contributed by atoms with Gasteiger partial charge in [0, 0.05) is 34.8 Å². The van der Waals surface area contributed by atoms with Crippen LogP contribution in [-0.4, -0.2) is 51.7 Å². The molecule has 3 aromatic rings. The number of fused-ring (bicyclic) bond motifs is 2. The molecule has 0 aliphatic carbocycles. The molecule has 1 saturated heterocycles. The molecule has 2 aliphatic heterocycles. The summed E-state index contributed by atoms with van der Waals surface area (Å²) in [4.78, 5) is 17.8. The molecule has 0 bridgehead atoms. The minimum Gasteiger partial charge on any atom is -0.331 e. The zero-order valence-electron chi connectivity index (χ0n) is 14.7. The molecule has 0 spiro atoms. The Balaban J connectivity index is 1.43. The SMILES string of the molecule is O=C(c1csc2ccccc12)N1Cc2ccnn2C(CN2CCCC2)C1. The molecule has 0 saturated carbocycles. The smallest absolute Gasteiger partial charge is 0.255 e. The van der Waals surface area contributed by atoms with Crippen LogP contribution in [0.3, 0.4) is 0 Å². The number of hydrogen-bond acceptors (Lipinski definition) is 4. The first-order chi connectivity index (χ1) is 12.8. The summed E-state index contributed by atoms with van der Waals surface area (Å²) in [7, 11) is 0. The van der Waals surface area contributed by atoms with E-state index in [2.05, 4.69) is 26.8 Å². The molecule has 2 aromatic heterocycles. The summed E-state index contributed by atoms with van der Waals surface area (Å²) in [5, 5.41) is 7.62. The van der Waals surface area contributed by atoms with Gasteiger partial charge in [0.25, 0.3) is 5.91 Å². The Kier molecular flexibility index (Phi) is 4.02. The molecule has 2 aliphatic rings. The lowest BCUT2D eigenvalue weighted by atomic mass is 10.1. The molecule has 26 heavy (non-hydrogen) atoms. The molecule has 1 amide bonds. The van der Waals surface area contributed by atoms with Gasteiger partial charge in [-0.25, -0.2) is 0 Å². The molecule has 1 atom stereocenters. The van der Waals surface area contributed by atoms with Crippen molar-refractivity contribution in [1.29, 1.82) is 0 Å². The van der Waals surface area contributed by atoms with Crippen LogP contribution < -0.4 is 0 Å². The lowest BCUT2D eigenvalue weighted by Gasteiger charge is -2.35. The largest absolute Gasteiger partial charge is 0.331 e. The number of benzene rings is 1. The summed E-state index contributed by atoms with van der Waals surface area (Å²) in [6, 6.07) is 10.4. The van der Waals surface area contributed by atoms with Crippen LogP contribution in [0.4, 0.5) is 0 Å². The predicted octanol–water partition coefficient (Wildman–Crippen LogP) is 3.39. The zero-order chi connectivity index (χ0) is 17.5. The number of carbonyl (C=O) groups excluding carboxylic acids is 1. The third kappa shape index (κ3) is 2.73. The second kappa shape index (κ2) is 6.52. The summed E-state index contributed by atoms with van der Waals surface area (Å²) in [5.41, 5.74) is 1.96. The van der Waals surface area contributed by atoms with Crippen molar-refractivity contribution in [3.63, 3.8) is 0 Å². The number of amides is 1. The standard InChI is InChI=1S/C20H22N4OS/c25-20(18-14-26-19-6-2-1-5-17(18)19)23-12-15-7-8-21-24(15)16(13-23)11-22-9-3-4-10-22/h1-2,5-8,14,16H,3-4,9-13H2. The van der Waals surface area contributed by atoms with Gasteiger partial charge in [-0.15, -0.1) is 11.3 Å². The van der Waals surface area contributed by atoms with Crippen molar-refractivity contribution in [2.45, 2.75) is 25.4 Å². The second-order valence-electron chi connectivity index (χ2n) is 7.26. The fourth-order valence-corrected chi connectivity index (χ4v) is 5.19.